The van der Waals surface area contributed by atoms with Gasteiger partial charge in [0.15, 0.2) is 0 Å². The number of benzene rings is 2. The largest absolute Gasteiger partial charge is 0.480 e. The monoisotopic (exact) mass is 424 g/mol. The van der Waals surface area contributed by atoms with Crippen molar-refractivity contribution in [2.24, 2.45) is 0 Å². The number of carbonyl (C=O) groups excluding carboxylic acids is 2. The van der Waals surface area contributed by atoms with Crippen LogP contribution in [0.4, 0.5) is 4.79 Å². The van der Waals surface area contributed by atoms with E-state index in [1.807, 2.05) is 36.4 Å². The summed E-state index contributed by atoms with van der Waals surface area (Å²) in [5.74, 6) is -1.45. The van der Waals surface area contributed by atoms with Gasteiger partial charge in [0.25, 0.3) is 0 Å². The van der Waals surface area contributed by atoms with Gasteiger partial charge in [0.2, 0.25) is 5.91 Å². The number of likely N-dealkylation sites (N-methyl/N-ethyl adjacent to an activating group) is 1. The number of hydrogen-bond acceptors (Lipinski definition) is 4. The van der Waals surface area contributed by atoms with Gasteiger partial charge in [-0.2, -0.15) is 0 Å². The van der Waals surface area contributed by atoms with Crippen molar-refractivity contribution in [1.29, 1.82) is 0 Å². The average molecular weight is 424 g/mol. The van der Waals surface area contributed by atoms with Gasteiger partial charge in [-0.05, 0) is 43.0 Å². The Morgan fingerprint density at radius 1 is 1.03 bits per heavy atom. The maximum Gasteiger partial charge on any atom is 0.407 e. The Labute approximate surface area is 182 Å². The normalized spacial score (nSPS) is 12.6. The molecule has 1 aliphatic rings. The first kappa shape index (κ1) is 22.3. The van der Waals surface area contributed by atoms with E-state index in [1.165, 1.54) is 18.7 Å². The molecule has 0 saturated carbocycles. The van der Waals surface area contributed by atoms with Crippen LogP contribution in [-0.2, 0) is 14.3 Å². The number of carboxylic acid groups (broad SMARTS) is 1. The van der Waals surface area contributed by atoms with Gasteiger partial charge < -0.3 is 20.1 Å². The Kier molecular flexibility index (Phi) is 6.63. The summed E-state index contributed by atoms with van der Waals surface area (Å²) >= 11 is 0. The zero-order valence-corrected chi connectivity index (χ0v) is 18.1. The van der Waals surface area contributed by atoms with Crippen LogP contribution in [0.2, 0.25) is 0 Å². The van der Waals surface area contributed by atoms with Gasteiger partial charge >= 0.3 is 12.1 Å². The highest BCUT2D eigenvalue weighted by molar-refractivity contribution is 5.86. The lowest BCUT2D eigenvalue weighted by atomic mass is 9.98. The van der Waals surface area contributed by atoms with Crippen molar-refractivity contribution in [3.05, 3.63) is 59.7 Å². The molecule has 0 aliphatic heterocycles. The predicted octanol–water partition coefficient (Wildman–Crippen LogP) is 3.63. The van der Waals surface area contributed by atoms with Crippen LogP contribution in [0.5, 0.6) is 0 Å². The van der Waals surface area contributed by atoms with E-state index < -0.39 is 17.6 Å². The Balaban J connectivity index is 1.53. The number of nitrogens with zero attached hydrogens (tertiary/aromatic N) is 1. The molecular formula is C24H28N2O5. The third kappa shape index (κ3) is 4.55. The zero-order valence-electron chi connectivity index (χ0n) is 18.1. The first-order valence-electron chi connectivity index (χ1n) is 10.4. The van der Waals surface area contributed by atoms with E-state index in [4.69, 9.17) is 4.74 Å². The van der Waals surface area contributed by atoms with Crippen molar-refractivity contribution in [1.82, 2.24) is 10.2 Å². The smallest absolute Gasteiger partial charge is 0.407 e. The van der Waals surface area contributed by atoms with Gasteiger partial charge in [0.1, 0.15) is 12.1 Å². The van der Waals surface area contributed by atoms with Crippen LogP contribution in [-0.4, -0.2) is 53.2 Å². The standard InChI is InChI=1S/C24H28N2O5/c1-4-26(24(2,3)22(28)29)21(27)13-14-25-23(30)31-15-20-18-11-7-5-9-16(18)17-10-6-8-12-19(17)20/h5-12,20H,4,13-15H2,1-3H3,(H,25,30)(H,28,29). The van der Waals surface area contributed by atoms with Crippen LogP contribution in [0.3, 0.4) is 0 Å². The molecule has 0 saturated heterocycles. The van der Waals surface area contributed by atoms with Crippen molar-refractivity contribution in [2.75, 3.05) is 19.7 Å². The maximum atomic E-state index is 12.4. The summed E-state index contributed by atoms with van der Waals surface area (Å²) in [6.07, 6.45) is -0.607. The lowest BCUT2D eigenvalue weighted by Gasteiger charge is -2.34. The molecule has 2 aromatic rings. The maximum absolute atomic E-state index is 12.4. The van der Waals surface area contributed by atoms with Gasteiger partial charge in [-0.15, -0.1) is 0 Å². The number of carboxylic acids is 1. The van der Waals surface area contributed by atoms with Crippen LogP contribution >= 0.6 is 0 Å². The van der Waals surface area contributed by atoms with Crippen LogP contribution in [0.15, 0.2) is 48.5 Å². The molecule has 0 bridgehead atoms. The van der Waals surface area contributed by atoms with Gasteiger partial charge in [-0.25, -0.2) is 9.59 Å². The number of alkyl carbamates (subject to hydrolysis) is 1. The Morgan fingerprint density at radius 2 is 1.58 bits per heavy atom. The summed E-state index contributed by atoms with van der Waals surface area (Å²) in [6, 6.07) is 16.2. The fraction of sp³-hybridized carbons (Fsp3) is 0.375. The van der Waals surface area contributed by atoms with Crippen molar-refractivity contribution >= 4 is 18.0 Å². The van der Waals surface area contributed by atoms with Crippen LogP contribution < -0.4 is 5.32 Å². The Morgan fingerprint density at radius 3 is 2.10 bits per heavy atom. The topological polar surface area (TPSA) is 95.9 Å². The fourth-order valence-corrected chi connectivity index (χ4v) is 4.05. The lowest BCUT2D eigenvalue weighted by Crippen LogP contribution is -2.53. The molecule has 164 valence electrons. The number of ether oxygens (including phenoxy) is 1. The lowest BCUT2D eigenvalue weighted by molar-refractivity contribution is -0.156. The number of hydrogen-bond donors (Lipinski definition) is 2. The van der Waals surface area contributed by atoms with E-state index in [-0.39, 0.29) is 37.9 Å². The molecular weight excluding hydrogens is 396 g/mol. The number of amides is 2. The van der Waals surface area contributed by atoms with Crippen molar-refractivity contribution in [3.63, 3.8) is 0 Å². The molecule has 0 fully saturated rings. The highest BCUT2D eigenvalue weighted by Crippen LogP contribution is 2.44. The SMILES string of the molecule is CCN(C(=O)CCNC(=O)OCC1c2ccccc2-c2ccccc21)C(C)(C)C(=O)O. The van der Waals surface area contributed by atoms with Gasteiger partial charge in [0.05, 0.1) is 0 Å². The highest BCUT2D eigenvalue weighted by Gasteiger charge is 2.36. The summed E-state index contributed by atoms with van der Waals surface area (Å²) in [7, 11) is 0. The molecule has 1 aliphatic carbocycles. The molecule has 2 N–H and O–H groups in total. The van der Waals surface area contributed by atoms with Gasteiger partial charge in [-0.1, -0.05) is 48.5 Å². The molecule has 0 aromatic heterocycles. The highest BCUT2D eigenvalue weighted by atomic mass is 16.5. The number of rotatable bonds is 8. The zero-order chi connectivity index (χ0) is 22.6. The number of fused-ring (bicyclic) bond motifs is 3. The molecule has 7 heteroatoms. The second kappa shape index (κ2) is 9.20. The molecule has 0 spiro atoms. The minimum Gasteiger partial charge on any atom is -0.480 e. The number of carbonyl (C=O) groups is 3. The van der Waals surface area contributed by atoms with Crippen molar-refractivity contribution in [3.8, 4) is 11.1 Å². The molecule has 0 radical (unpaired) electrons. The fourth-order valence-electron chi connectivity index (χ4n) is 4.05. The molecule has 31 heavy (non-hydrogen) atoms. The summed E-state index contributed by atoms with van der Waals surface area (Å²) < 4.78 is 5.44. The molecule has 2 amide bonds. The number of nitrogens with one attached hydrogen (secondary N) is 1. The first-order chi connectivity index (χ1) is 14.8. The van der Waals surface area contributed by atoms with E-state index in [1.54, 1.807) is 6.92 Å². The molecule has 2 aromatic carbocycles. The molecule has 3 rings (SSSR count). The molecule has 0 atom stereocenters. The third-order valence-electron chi connectivity index (χ3n) is 5.77. The molecule has 0 heterocycles. The predicted molar refractivity (Wildman–Crippen MR) is 117 cm³/mol. The summed E-state index contributed by atoms with van der Waals surface area (Å²) in [5.41, 5.74) is 3.24. The number of aliphatic carboxylic acids is 1. The van der Waals surface area contributed by atoms with E-state index in [9.17, 15) is 19.5 Å². The van der Waals surface area contributed by atoms with E-state index in [0.717, 1.165) is 22.3 Å². The molecule has 7 nitrogen and oxygen atoms in total. The molecule has 0 unspecified atom stereocenters. The third-order valence-corrected chi connectivity index (χ3v) is 5.77. The van der Waals surface area contributed by atoms with Crippen molar-refractivity contribution in [2.45, 2.75) is 38.6 Å². The van der Waals surface area contributed by atoms with Gasteiger partial charge in [0, 0.05) is 25.4 Å². The van der Waals surface area contributed by atoms with Gasteiger partial charge in [-0.3, -0.25) is 4.79 Å². The van der Waals surface area contributed by atoms with Crippen molar-refractivity contribution < 1.29 is 24.2 Å². The van der Waals surface area contributed by atoms with Crippen LogP contribution in [0, 0.1) is 0 Å². The second-order valence-electron chi connectivity index (χ2n) is 8.00. The van der Waals surface area contributed by atoms with Crippen LogP contribution in [0.1, 0.15) is 44.2 Å². The summed E-state index contributed by atoms with van der Waals surface area (Å²) in [4.78, 5) is 37.3. The van der Waals surface area contributed by atoms with Crippen LogP contribution in [0.25, 0.3) is 11.1 Å². The summed E-state index contributed by atoms with van der Waals surface area (Å²) in [6.45, 7) is 5.22. The van der Waals surface area contributed by atoms with E-state index in [2.05, 4.69) is 17.4 Å². The average Bonchev–Trinajstić information content (AvgIpc) is 3.06. The summed E-state index contributed by atoms with van der Waals surface area (Å²) in [5, 5.41) is 11.9. The van der Waals surface area contributed by atoms with E-state index in [0.29, 0.717) is 0 Å². The quantitative estimate of drug-likeness (QED) is 0.675. The minimum atomic E-state index is -1.31. The second-order valence-corrected chi connectivity index (χ2v) is 8.00. The Bertz CT molecular complexity index is 940. The Hall–Kier alpha value is -3.35. The van der Waals surface area contributed by atoms with E-state index >= 15 is 0 Å². The minimum absolute atomic E-state index is 0.00521. The first-order valence-corrected chi connectivity index (χ1v) is 10.4.